The van der Waals surface area contributed by atoms with Crippen molar-refractivity contribution in [1.82, 2.24) is 20.1 Å². The van der Waals surface area contributed by atoms with E-state index in [1.165, 1.54) is 25.6 Å². The summed E-state index contributed by atoms with van der Waals surface area (Å²) in [6.45, 7) is -0.00328. The lowest BCUT2D eigenvalue weighted by Crippen LogP contribution is -2.24. The monoisotopic (exact) mass is 611 g/mol. The van der Waals surface area contributed by atoms with E-state index in [9.17, 15) is 22.8 Å². The predicted octanol–water partition coefficient (Wildman–Crippen LogP) is 5.68. The van der Waals surface area contributed by atoms with Crippen LogP contribution in [0.1, 0.15) is 21.1 Å². The zero-order valence-electron chi connectivity index (χ0n) is 20.9. The minimum absolute atomic E-state index is 0.00328. The fraction of sp³-hybridized carbons (Fsp3) is 0.200. The second-order valence-corrected chi connectivity index (χ2v) is 10.3. The number of carbonyl (C=O) groups excluding carboxylic acids is 2. The number of nitrogens with zero attached hydrogens (tertiary/aromatic N) is 3. The number of benzene rings is 2. The Hall–Kier alpha value is -3.75. The number of alkyl halides is 3. The molecular formula is C25H21ClF3N5O4S2. The maximum Gasteiger partial charge on any atom is 0.416 e. The Kier molecular flexibility index (Phi) is 9.22. The summed E-state index contributed by atoms with van der Waals surface area (Å²) in [6.07, 6.45) is -4.60. The number of methoxy groups -OCH3 is 2. The van der Waals surface area contributed by atoms with Crippen LogP contribution in [0, 0.1) is 0 Å². The number of anilines is 1. The minimum Gasteiger partial charge on any atom is -0.497 e. The molecule has 0 spiro atoms. The van der Waals surface area contributed by atoms with Gasteiger partial charge < -0.3 is 20.1 Å². The predicted molar refractivity (Wildman–Crippen MR) is 146 cm³/mol. The number of thiophene rings is 1. The van der Waals surface area contributed by atoms with Crippen LogP contribution in [0.3, 0.4) is 0 Å². The Morgan fingerprint density at radius 2 is 1.90 bits per heavy atom. The van der Waals surface area contributed by atoms with Gasteiger partial charge in [0.2, 0.25) is 5.91 Å². The van der Waals surface area contributed by atoms with Crippen molar-refractivity contribution < 1.29 is 32.2 Å². The van der Waals surface area contributed by atoms with Gasteiger partial charge in [0.05, 0.1) is 53.4 Å². The van der Waals surface area contributed by atoms with E-state index in [1.807, 2.05) is 0 Å². The van der Waals surface area contributed by atoms with Crippen LogP contribution < -0.4 is 20.1 Å². The van der Waals surface area contributed by atoms with Crippen LogP contribution in [0.5, 0.6) is 11.5 Å². The van der Waals surface area contributed by atoms with E-state index in [1.54, 1.807) is 40.3 Å². The molecule has 4 aromatic rings. The maximum absolute atomic E-state index is 13.1. The Bertz CT molecular complexity index is 1510. The molecule has 0 fully saturated rings. The molecule has 4 rings (SSSR count). The van der Waals surface area contributed by atoms with Gasteiger partial charge >= 0.3 is 6.18 Å². The van der Waals surface area contributed by atoms with Crippen molar-refractivity contribution in [2.75, 3.05) is 25.3 Å². The summed E-state index contributed by atoms with van der Waals surface area (Å²) in [4.78, 5) is 25.7. The molecule has 0 radical (unpaired) electrons. The molecule has 2 aromatic heterocycles. The van der Waals surface area contributed by atoms with Gasteiger partial charge in [-0.3, -0.25) is 14.2 Å². The first-order valence-electron chi connectivity index (χ1n) is 11.4. The van der Waals surface area contributed by atoms with Crippen LogP contribution in [0.2, 0.25) is 5.02 Å². The van der Waals surface area contributed by atoms with Gasteiger partial charge in [-0.05, 0) is 41.8 Å². The summed E-state index contributed by atoms with van der Waals surface area (Å²) < 4.78 is 51.8. The fourth-order valence-electron chi connectivity index (χ4n) is 3.49. The molecule has 0 saturated heterocycles. The van der Waals surface area contributed by atoms with Crippen molar-refractivity contribution in [3.05, 3.63) is 75.2 Å². The summed E-state index contributed by atoms with van der Waals surface area (Å²) in [6, 6.07) is 11.2. The third-order valence-corrected chi connectivity index (χ3v) is 7.51. The number of aromatic nitrogens is 3. The molecule has 9 nitrogen and oxygen atoms in total. The van der Waals surface area contributed by atoms with E-state index < -0.39 is 17.6 Å². The first kappa shape index (κ1) is 29.2. The second kappa shape index (κ2) is 12.6. The molecule has 210 valence electrons. The summed E-state index contributed by atoms with van der Waals surface area (Å²) in [5, 5.41) is 15.6. The van der Waals surface area contributed by atoms with Crippen molar-refractivity contribution >= 4 is 52.2 Å². The molecule has 2 heterocycles. The van der Waals surface area contributed by atoms with Crippen LogP contribution in [0.15, 0.2) is 59.1 Å². The Balaban J connectivity index is 1.59. The number of thioether (sulfide) groups is 1. The van der Waals surface area contributed by atoms with Gasteiger partial charge in [-0.15, -0.1) is 21.5 Å². The molecule has 2 amide bonds. The molecule has 15 heteroatoms. The number of halogens is 4. The van der Waals surface area contributed by atoms with Crippen molar-refractivity contribution in [3.8, 4) is 17.2 Å². The highest BCUT2D eigenvalue weighted by Gasteiger charge is 2.31. The molecule has 2 N–H and O–H groups in total. The van der Waals surface area contributed by atoms with E-state index in [4.69, 9.17) is 21.1 Å². The van der Waals surface area contributed by atoms with Gasteiger partial charge in [0.1, 0.15) is 11.5 Å². The highest BCUT2D eigenvalue weighted by atomic mass is 35.5. The molecule has 0 aliphatic heterocycles. The van der Waals surface area contributed by atoms with E-state index in [-0.39, 0.29) is 34.1 Å². The summed E-state index contributed by atoms with van der Waals surface area (Å²) in [7, 11) is 2.98. The lowest BCUT2D eigenvalue weighted by molar-refractivity contribution is -0.137. The SMILES string of the molecule is COc1ccc(OC)c(-n2c(CNC(=O)c3cccs3)nnc2SCC(=O)Nc2cc(C(F)(F)F)ccc2Cl)c1. The quantitative estimate of drug-likeness (QED) is 0.222. The first-order chi connectivity index (χ1) is 19.1. The number of carbonyl (C=O) groups is 2. The zero-order chi connectivity index (χ0) is 28.9. The van der Waals surface area contributed by atoms with Crippen LogP contribution >= 0.6 is 34.7 Å². The third-order valence-electron chi connectivity index (χ3n) is 5.38. The highest BCUT2D eigenvalue weighted by molar-refractivity contribution is 7.99. The molecule has 40 heavy (non-hydrogen) atoms. The standard InChI is InChI=1S/C25H21ClF3N5O4S2/c1-37-15-6-8-19(38-2)18(11-15)34-21(12-30-23(36)20-4-3-9-39-20)32-33-24(34)40-13-22(35)31-17-10-14(25(27,28)29)5-7-16(17)26/h3-11H,12-13H2,1-2H3,(H,30,36)(H,31,35). The second-order valence-electron chi connectivity index (χ2n) is 7.96. The minimum atomic E-state index is -4.60. The van der Waals surface area contributed by atoms with E-state index in [0.29, 0.717) is 27.9 Å². The summed E-state index contributed by atoms with van der Waals surface area (Å²) >= 11 is 8.26. The molecular weight excluding hydrogens is 591 g/mol. The molecule has 2 aromatic carbocycles. The summed E-state index contributed by atoms with van der Waals surface area (Å²) in [5.41, 5.74) is -0.634. The Labute approximate surface area is 239 Å². The van der Waals surface area contributed by atoms with Crippen LogP contribution in [-0.4, -0.2) is 46.6 Å². The lowest BCUT2D eigenvalue weighted by atomic mass is 10.2. The lowest BCUT2D eigenvalue weighted by Gasteiger charge is -2.15. The molecule has 0 aliphatic rings. The average Bonchev–Trinajstić information content (AvgIpc) is 3.61. The Morgan fingerprint density at radius 1 is 1.10 bits per heavy atom. The van der Waals surface area contributed by atoms with E-state index in [2.05, 4.69) is 20.8 Å². The van der Waals surface area contributed by atoms with Crippen LogP contribution in [-0.2, 0) is 17.5 Å². The number of amides is 2. The first-order valence-corrected chi connectivity index (χ1v) is 13.6. The van der Waals surface area contributed by atoms with E-state index in [0.717, 1.165) is 30.0 Å². The van der Waals surface area contributed by atoms with E-state index >= 15 is 0 Å². The highest BCUT2D eigenvalue weighted by Crippen LogP contribution is 2.35. The van der Waals surface area contributed by atoms with Crippen LogP contribution in [0.25, 0.3) is 5.69 Å². The number of hydrogen-bond donors (Lipinski definition) is 2. The third kappa shape index (κ3) is 6.87. The van der Waals surface area contributed by atoms with Crippen LogP contribution in [0.4, 0.5) is 18.9 Å². The largest absolute Gasteiger partial charge is 0.497 e. The normalized spacial score (nSPS) is 11.2. The number of hydrogen-bond acceptors (Lipinski definition) is 8. The molecule has 0 aliphatic carbocycles. The van der Waals surface area contributed by atoms with Gasteiger partial charge in [0.25, 0.3) is 5.91 Å². The smallest absolute Gasteiger partial charge is 0.416 e. The van der Waals surface area contributed by atoms with Gasteiger partial charge in [-0.2, -0.15) is 13.2 Å². The van der Waals surface area contributed by atoms with Crippen molar-refractivity contribution in [3.63, 3.8) is 0 Å². The van der Waals surface area contributed by atoms with Crippen molar-refractivity contribution in [1.29, 1.82) is 0 Å². The molecule has 0 unspecified atom stereocenters. The van der Waals surface area contributed by atoms with Gasteiger partial charge in [0, 0.05) is 6.07 Å². The number of rotatable bonds is 10. The maximum atomic E-state index is 13.1. The van der Waals surface area contributed by atoms with Crippen molar-refractivity contribution in [2.45, 2.75) is 17.9 Å². The number of ether oxygens (including phenoxy) is 2. The average molecular weight is 612 g/mol. The molecule has 0 bridgehead atoms. The summed E-state index contributed by atoms with van der Waals surface area (Å²) in [5.74, 6) is 0.123. The van der Waals surface area contributed by atoms with Gasteiger partial charge in [-0.25, -0.2) is 0 Å². The fourth-order valence-corrected chi connectivity index (χ4v) is 5.06. The molecule has 0 atom stereocenters. The Morgan fingerprint density at radius 3 is 2.58 bits per heavy atom. The van der Waals surface area contributed by atoms with Gasteiger partial charge in [-0.1, -0.05) is 29.4 Å². The van der Waals surface area contributed by atoms with Gasteiger partial charge in [0.15, 0.2) is 11.0 Å². The number of nitrogens with one attached hydrogen (secondary N) is 2. The zero-order valence-corrected chi connectivity index (χ0v) is 23.3. The van der Waals surface area contributed by atoms with Crippen molar-refractivity contribution in [2.24, 2.45) is 0 Å². The topological polar surface area (TPSA) is 107 Å². The molecule has 0 saturated carbocycles.